The number of aromatic nitrogens is 2. The highest BCUT2D eigenvalue weighted by molar-refractivity contribution is 7.89. The topological polar surface area (TPSA) is 93.5 Å². The van der Waals surface area contributed by atoms with E-state index < -0.39 is 10.0 Å². The lowest BCUT2D eigenvalue weighted by Crippen LogP contribution is -2.43. The van der Waals surface area contributed by atoms with Gasteiger partial charge in [0.05, 0.1) is 29.4 Å². The van der Waals surface area contributed by atoms with Crippen LogP contribution in [0.25, 0.3) is 5.69 Å². The number of hydrogen-bond donors (Lipinski definition) is 1. The van der Waals surface area contributed by atoms with Crippen molar-refractivity contribution < 1.29 is 17.9 Å². The number of hydrogen-bond acceptors (Lipinski definition) is 5. The summed E-state index contributed by atoms with van der Waals surface area (Å²) < 4.78 is 34.8. The second-order valence-electron chi connectivity index (χ2n) is 8.75. The Hall–Kier alpha value is -3.17. The summed E-state index contributed by atoms with van der Waals surface area (Å²) in [6.07, 6.45) is 2.76. The fraction of sp³-hybridized carbons (Fsp3) is 0.385. The van der Waals surface area contributed by atoms with Gasteiger partial charge in [-0.25, -0.2) is 13.1 Å². The standard InChI is InChI=1S/C26H32N4O4S/c1-4-34-23-10-12-24(13-11-23)35(32,33)29-16-14-21(15-17-29)26(31)28-19(2)25-18-27-30(20(25)3)22-8-6-5-7-9-22/h5-13,18-19,21H,4,14-17H2,1-3H3,(H,28,31). The van der Waals surface area contributed by atoms with Gasteiger partial charge in [0, 0.05) is 30.3 Å². The van der Waals surface area contributed by atoms with Gasteiger partial charge >= 0.3 is 0 Å². The molecule has 1 N–H and O–H groups in total. The van der Waals surface area contributed by atoms with Gasteiger partial charge in [-0.2, -0.15) is 9.40 Å². The van der Waals surface area contributed by atoms with Gasteiger partial charge in [0.2, 0.25) is 15.9 Å². The molecular weight excluding hydrogens is 464 g/mol. The number of rotatable bonds is 8. The van der Waals surface area contributed by atoms with E-state index in [1.165, 1.54) is 4.31 Å². The van der Waals surface area contributed by atoms with Crippen molar-refractivity contribution >= 4 is 15.9 Å². The Labute approximate surface area is 207 Å². The molecule has 0 aliphatic carbocycles. The summed E-state index contributed by atoms with van der Waals surface area (Å²) in [6.45, 7) is 6.96. The van der Waals surface area contributed by atoms with Gasteiger partial charge < -0.3 is 10.1 Å². The molecule has 1 amide bonds. The third kappa shape index (κ3) is 5.41. The molecule has 1 aromatic heterocycles. The van der Waals surface area contributed by atoms with Crippen molar-refractivity contribution in [1.82, 2.24) is 19.4 Å². The summed E-state index contributed by atoms with van der Waals surface area (Å²) in [4.78, 5) is 13.2. The van der Waals surface area contributed by atoms with Crippen molar-refractivity contribution in [2.75, 3.05) is 19.7 Å². The van der Waals surface area contributed by atoms with E-state index in [-0.39, 0.29) is 22.8 Å². The van der Waals surface area contributed by atoms with Crippen molar-refractivity contribution in [3.8, 4) is 11.4 Å². The van der Waals surface area contributed by atoms with Crippen LogP contribution in [0.3, 0.4) is 0 Å². The first-order valence-electron chi connectivity index (χ1n) is 11.9. The first-order valence-corrected chi connectivity index (χ1v) is 13.4. The fourth-order valence-corrected chi connectivity index (χ4v) is 5.94. The van der Waals surface area contributed by atoms with Crippen LogP contribution in [0, 0.1) is 12.8 Å². The van der Waals surface area contributed by atoms with Gasteiger partial charge in [-0.15, -0.1) is 0 Å². The number of carbonyl (C=O) groups is 1. The van der Waals surface area contributed by atoms with Crippen molar-refractivity contribution in [3.63, 3.8) is 0 Å². The number of nitrogens with zero attached hydrogens (tertiary/aromatic N) is 3. The third-order valence-electron chi connectivity index (χ3n) is 6.47. The summed E-state index contributed by atoms with van der Waals surface area (Å²) in [5, 5.41) is 7.59. The second kappa shape index (κ2) is 10.6. The minimum absolute atomic E-state index is 0.0533. The molecule has 1 aliphatic heterocycles. The fourth-order valence-electron chi connectivity index (χ4n) is 4.47. The molecule has 0 saturated carbocycles. The smallest absolute Gasteiger partial charge is 0.243 e. The number of amides is 1. The van der Waals surface area contributed by atoms with Crippen LogP contribution in [0.1, 0.15) is 44.0 Å². The highest BCUT2D eigenvalue weighted by Crippen LogP contribution is 2.27. The van der Waals surface area contributed by atoms with Crippen LogP contribution in [0.2, 0.25) is 0 Å². The van der Waals surface area contributed by atoms with E-state index in [0.29, 0.717) is 38.3 Å². The Morgan fingerprint density at radius 2 is 1.77 bits per heavy atom. The summed E-state index contributed by atoms with van der Waals surface area (Å²) in [7, 11) is -3.60. The zero-order valence-corrected chi connectivity index (χ0v) is 21.2. The molecule has 1 unspecified atom stereocenters. The average Bonchev–Trinajstić information content (AvgIpc) is 3.26. The van der Waals surface area contributed by atoms with Crippen molar-refractivity contribution in [3.05, 3.63) is 72.1 Å². The number of benzene rings is 2. The Bertz CT molecular complexity index is 1250. The molecule has 2 aromatic carbocycles. The van der Waals surface area contributed by atoms with Crippen LogP contribution in [-0.2, 0) is 14.8 Å². The van der Waals surface area contributed by atoms with Crippen LogP contribution < -0.4 is 10.1 Å². The molecule has 186 valence electrons. The largest absolute Gasteiger partial charge is 0.494 e. The maximum absolute atomic E-state index is 13.0. The first-order chi connectivity index (χ1) is 16.8. The molecule has 0 bridgehead atoms. The third-order valence-corrected chi connectivity index (χ3v) is 8.38. The highest BCUT2D eigenvalue weighted by atomic mass is 32.2. The van der Waals surface area contributed by atoms with E-state index in [1.807, 2.05) is 55.8 Å². The van der Waals surface area contributed by atoms with Crippen molar-refractivity contribution in [1.29, 1.82) is 0 Å². The average molecular weight is 497 g/mol. The van der Waals surface area contributed by atoms with Crippen molar-refractivity contribution in [2.24, 2.45) is 5.92 Å². The molecule has 35 heavy (non-hydrogen) atoms. The van der Waals surface area contributed by atoms with E-state index in [0.717, 1.165) is 16.9 Å². The SMILES string of the molecule is CCOc1ccc(S(=O)(=O)N2CCC(C(=O)NC(C)c3cnn(-c4ccccc4)c3C)CC2)cc1. The lowest BCUT2D eigenvalue weighted by Gasteiger charge is -2.31. The van der Waals surface area contributed by atoms with Crippen LogP contribution in [0.5, 0.6) is 5.75 Å². The molecule has 1 saturated heterocycles. The lowest BCUT2D eigenvalue weighted by molar-refractivity contribution is -0.126. The van der Waals surface area contributed by atoms with Gasteiger partial charge in [0.15, 0.2) is 0 Å². The molecule has 4 rings (SSSR count). The van der Waals surface area contributed by atoms with Crippen LogP contribution in [0.4, 0.5) is 0 Å². The highest BCUT2D eigenvalue weighted by Gasteiger charge is 2.32. The summed E-state index contributed by atoms with van der Waals surface area (Å²) in [5.41, 5.74) is 2.90. The van der Waals surface area contributed by atoms with E-state index >= 15 is 0 Å². The summed E-state index contributed by atoms with van der Waals surface area (Å²) in [6, 6.07) is 16.1. The van der Waals surface area contributed by atoms with E-state index in [1.54, 1.807) is 30.5 Å². The predicted molar refractivity (Wildman–Crippen MR) is 134 cm³/mol. The first kappa shape index (κ1) is 24.9. The number of para-hydroxylation sites is 1. The normalized spacial score (nSPS) is 16.1. The van der Waals surface area contributed by atoms with Crippen molar-refractivity contribution in [2.45, 2.75) is 44.6 Å². The number of nitrogens with one attached hydrogen (secondary N) is 1. The minimum atomic E-state index is -3.60. The minimum Gasteiger partial charge on any atom is -0.494 e. The van der Waals surface area contributed by atoms with Gasteiger partial charge in [-0.1, -0.05) is 18.2 Å². The molecule has 9 heteroatoms. The Kier molecular flexibility index (Phi) is 7.57. The molecule has 0 radical (unpaired) electrons. The lowest BCUT2D eigenvalue weighted by atomic mass is 9.96. The van der Waals surface area contributed by atoms with Crippen LogP contribution in [-0.4, -0.2) is 48.1 Å². The number of ether oxygens (including phenoxy) is 1. The Morgan fingerprint density at radius 1 is 1.11 bits per heavy atom. The van der Waals surface area contributed by atoms with E-state index in [4.69, 9.17) is 4.74 Å². The van der Waals surface area contributed by atoms with E-state index in [2.05, 4.69) is 10.4 Å². The number of piperidine rings is 1. The molecule has 1 aliphatic rings. The van der Waals surface area contributed by atoms with Gasteiger partial charge in [-0.05, 0) is 70.0 Å². The second-order valence-corrected chi connectivity index (χ2v) is 10.7. The number of sulfonamides is 1. The Morgan fingerprint density at radius 3 is 2.40 bits per heavy atom. The zero-order chi connectivity index (χ0) is 25.0. The molecule has 1 atom stereocenters. The summed E-state index contributed by atoms with van der Waals surface area (Å²) in [5.74, 6) is 0.358. The monoisotopic (exact) mass is 496 g/mol. The van der Waals surface area contributed by atoms with E-state index in [9.17, 15) is 13.2 Å². The maximum Gasteiger partial charge on any atom is 0.243 e. The molecule has 1 fully saturated rings. The van der Waals surface area contributed by atoms with Gasteiger partial charge in [-0.3, -0.25) is 4.79 Å². The molecular formula is C26H32N4O4S. The molecule has 8 nitrogen and oxygen atoms in total. The van der Waals surface area contributed by atoms with Gasteiger partial charge in [0.1, 0.15) is 5.75 Å². The molecule has 3 aromatic rings. The predicted octanol–water partition coefficient (Wildman–Crippen LogP) is 3.86. The van der Waals surface area contributed by atoms with Crippen LogP contribution in [0.15, 0.2) is 65.7 Å². The van der Waals surface area contributed by atoms with Gasteiger partial charge in [0.25, 0.3) is 0 Å². The summed E-state index contributed by atoms with van der Waals surface area (Å²) >= 11 is 0. The molecule has 2 heterocycles. The zero-order valence-electron chi connectivity index (χ0n) is 20.3. The van der Waals surface area contributed by atoms with Crippen LogP contribution >= 0.6 is 0 Å². The maximum atomic E-state index is 13.0. The quantitative estimate of drug-likeness (QED) is 0.511. The molecule has 0 spiro atoms. The number of carbonyl (C=O) groups excluding carboxylic acids is 1. The Balaban J connectivity index is 1.35.